The lowest BCUT2D eigenvalue weighted by Gasteiger charge is -2.22. The van der Waals surface area contributed by atoms with E-state index in [1.54, 1.807) is 0 Å². The predicted molar refractivity (Wildman–Crippen MR) is 375 cm³/mol. The average Bonchev–Trinajstić information content (AvgIpc) is 3.51. The normalized spacial score (nSPS) is 12.7. The second-order valence-electron chi connectivity index (χ2n) is 26.7. The van der Waals surface area contributed by atoms with Crippen molar-refractivity contribution in [2.24, 2.45) is 0 Å². The van der Waals surface area contributed by atoms with E-state index in [-0.39, 0.29) is 18.5 Å². The molecule has 0 spiro atoms. The summed E-state index contributed by atoms with van der Waals surface area (Å²) in [5, 5.41) is 23.3. The highest BCUT2D eigenvalue weighted by molar-refractivity contribution is 5.76. The Balaban J connectivity index is 3.31. The van der Waals surface area contributed by atoms with E-state index in [1.165, 1.54) is 347 Å². The molecule has 2 unspecified atom stereocenters. The number of ether oxygens (including phenoxy) is 1. The minimum absolute atomic E-state index is 0.00942. The second kappa shape index (κ2) is 74.5. The number of amides is 1. The average molecular weight is 1200 g/mol. The minimum Gasteiger partial charge on any atom is -0.466 e. The lowest BCUT2D eigenvalue weighted by molar-refractivity contribution is -0.143. The smallest absolute Gasteiger partial charge is 0.305 e. The molecule has 2 atom stereocenters. The molecule has 0 aliphatic heterocycles. The van der Waals surface area contributed by atoms with Gasteiger partial charge in [-0.2, -0.15) is 0 Å². The summed E-state index contributed by atoms with van der Waals surface area (Å²) in [6, 6.07) is -0.537. The second-order valence-corrected chi connectivity index (χ2v) is 26.7. The van der Waals surface area contributed by atoms with Crippen LogP contribution < -0.4 is 5.32 Å². The van der Waals surface area contributed by atoms with Gasteiger partial charge in [0, 0.05) is 12.8 Å². The number of esters is 1. The number of carbonyl (C=O) groups is 2. The van der Waals surface area contributed by atoms with Crippen LogP contribution >= 0.6 is 0 Å². The molecule has 6 heteroatoms. The van der Waals surface area contributed by atoms with Crippen LogP contribution in [0.25, 0.3) is 0 Å². The third-order valence-corrected chi connectivity index (χ3v) is 18.2. The molecule has 0 aromatic heterocycles. The monoisotopic (exact) mass is 1190 g/mol. The molecule has 502 valence electrons. The molecule has 0 rings (SSSR count). The maximum atomic E-state index is 12.5. The molecular weight excluding hydrogens is 1040 g/mol. The Morgan fingerprint density at radius 1 is 0.329 bits per heavy atom. The van der Waals surface area contributed by atoms with E-state index < -0.39 is 12.1 Å². The van der Waals surface area contributed by atoms with Gasteiger partial charge in [0.2, 0.25) is 5.91 Å². The molecule has 6 nitrogen and oxygen atoms in total. The first-order chi connectivity index (χ1) is 42.0. The Kier molecular flexibility index (Phi) is 72.9. The maximum Gasteiger partial charge on any atom is 0.305 e. The summed E-state index contributed by atoms with van der Waals surface area (Å²) in [7, 11) is 0. The van der Waals surface area contributed by atoms with E-state index in [9.17, 15) is 19.8 Å². The van der Waals surface area contributed by atoms with Gasteiger partial charge in [0.25, 0.3) is 0 Å². The van der Waals surface area contributed by atoms with Crippen molar-refractivity contribution in [3.63, 3.8) is 0 Å². The van der Waals surface area contributed by atoms with Gasteiger partial charge in [-0.25, -0.2) is 0 Å². The molecule has 0 aromatic carbocycles. The van der Waals surface area contributed by atoms with Crippen molar-refractivity contribution in [1.82, 2.24) is 5.32 Å². The van der Waals surface area contributed by atoms with Crippen LogP contribution in [0.15, 0.2) is 36.5 Å². The number of unbranched alkanes of at least 4 members (excludes halogenated alkanes) is 56. The summed E-state index contributed by atoms with van der Waals surface area (Å²) in [4.78, 5) is 24.6. The number of allylic oxidation sites excluding steroid dienone is 6. The highest BCUT2D eigenvalue weighted by Crippen LogP contribution is 2.19. The molecule has 3 N–H and O–H groups in total. The van der Waals surface area contributed by atoms with E-state index in [1.807, 2.05) is 0 Å². The standard InChI is InChI=1S/C79H151NO5/c1-3-5-7-9-11-13-15-17-18-45-49-53-57-61-65-69-73-79(84)85-74-70-66-62-58-54-50-46-43-41-39-37-35-33-31-29-27-25-23-21-19-20-22-24-26-28-30-32-34-36-38-40-42-44-48-52-56-60-64-68-72-78(83)80-76(75-81)77(82)71-67-63-59-55-51-47-16-14-12-10-8-6-4-2/h13,15,18-20,45,76-77,81-82H,3-12,14,16-17,21-44,46-75H2,1-2H3,(H,80,83)/b15-13-,20-19-,45-18-. The van der Waals surface area contributed by atoms with Crippen LogP contribution in [0.3, 0.4) is 0 Å². The van der Waals surface area contributed by atoms with Gasteiger partial charge in [0.1, 0.15) is 0 Å². The van der Waals surface area contributed by atoms with E-state index in [0.29, 0.717) is 25.9 Å². The summed E-state index contributed by atoms with van der Waals surface area (Å²) in [6.45, 7) is 4.96. The van der Waals surface area contributed by atoms with Crippen LogP contribution in [0.2, 0.25) is 0 Å². The Hall–Kier alpha value is -1.92. The molecule has 0 radical (unpaired) electrons. The fourth-order valence-electron chi connectivity index (χ4n) is 12.3. The molecule has 85 heavy (non-hydrogen) atoms. The van der Waals surface area contributed by atoms with Gasteiger partial charge >= 0.3 is 5.97 Å². The number of rotatable bonds is 73. The lowest BCUT2D eigenvalue weighted by atomic mass is 10.0. The number of aliphatic hydroxyl groups is 2. The van der Waals surface area contributed by atoms with Crippen molar-refractivity contribution >= 4 is 11.9 Å². The summed E-state index contributed by atoms with van der Waals surface area (Å²) in [6.07, 6.45) is 96.7. The van der Waals surface area contributed by atoms with Crippen molar-refractivity contribution in [1.29, 1.82) is 0 Å². The highest BCUT2D eigenvalue weighted by Gasteiger charge is 2.20. The molecule has 0 fully saturated rings. The van der Waals surface area contributed by atoms with Crippen molar-refractivity contribution in [3.05, 3.63) is 36.5 Å². The molecule has 0 aliphatic rings. The van der Waals surface area contributed by atoms with Crippen LogP contribution in [-0.4, -0.2) is 47.4 Å². The van der Waals surface area contributed by atoms with E-state index in [0.717, 1.165) is 51.4 Å². The third kappa shape index (κ3) is 71.0. The van der Waals surface area contributed by atoms with Crippen LogP contribution in [0, 0.1) is 0 Å². The first-order valence-electron chi connectivity index (χ1n) is 38.7. The first kappa shape index (κ1) is 83.1. The SMILES string of the molecule is CCCCCC/C=C\C/C=C\CCCCCCCC(=O)OCCCCCCCCCCCCCCCCCCCC/C=C\CCCCCCCCCCCCCCCCCCCC(=O)NC(CO)C(O)CCCCCCCCCCCCCCC. The molecule has 0 saturated heterocycles. The summed E-state index contributed by atoms with van der Waals surface area (Å²) in [5.41, 5.74) is 0. The number of hydrogen-bond acceptors (Lipinski definition) is 5. The maximum absolute atomic E-state index is 12.5. The quantitative estimate of drug-likeness (QED) is 0.0320. The molecule has 0 saturated carbocycles. The van der Waals surface area contributed by atoms with Crippen molar-refractivity contribution in [2.45, 2.75) is 443 Å². The number of aliphatic hydroxyl groups excluding tert-OH is 2. The molecule has 0 bridgehead atoms. The molecule has 0 aliphatic carbocycles. The van der Waals surface area contributed by atoms with Gasteiger partial charge in [-0.15, -0.1) is 0 Å². The first-order valence-corrected chi connectivity index (χ1v) is 38.7. The van der Waals surface area contributed by atoms with Gasteiger partial charge in [0.05, 0.1) is 25.4 Å². The van der Waals surface area contributed by atoms with Crippen molar-refractivity contribution in [2.75, 3.05) is 13.2 Å². The van der Waals surface area contributed by atoms with Gasteiger partial charge in [-0.3, -0.25) is 9.59 Å². The minimum atomic E-state index is -0.660. The fourth-order valence-corrected chi connectivity index (χ4v) is 12.3. The number of carbonyl (C=O) groups excluding carboxylic acids is 2. The zero-order chi connectivity index (χ0) is 61.3. The van der Waals surface area contributed by atoms with Gasteiger partial charge in [-0.05, 0) is 83.5 Å². The Morgan fingerprint density at radius 3 is 0.918 bits per heavy atom. The van der Waals surface area contributed by atoms with Gasteiger partial charge in [0.15, 0.2) is 0 Å². The molecule has 1 amide bonds. The van der Waals surface area contributed by atoms with Gasteiger partial charge < -0.3 is 20.3 Å². The van der Waals surface area contributed by atoms with Crippen LogP contribution in [-0.2, 0) is 14.3 Å². The molecule has 0 heterocycles. The zero-order valence-electron chi connectivity index (χ0n) is 57.6. The summed E-state index contributed by atoms with van der Waals surface area (Å²) in [5.74, 6) is -0.0190. The Morgan fingerprint density at radius 2 is 0.588 bits per heavy atom. The number of nitrogens with one attached hydrogen (secondary N) is 1. The van der Waals surface area contributed by atoms with Gasteiger partial charge in [-0.1, -0.05) is 371 Å². The van der Waals surface area contributed by atoms with E-state index in [4.69, 9.17) is 4.74 Å². The molecule has 0 aromatic rings. The van der Waals surface area contributed by atoms with Crippen molar-refractivity contribution < 1.29 is 24.5 Å². The van der Waals surface area contributed by atoms with Crippen LogP contribution in [0.4, 0.5) is 0 Å². The molecular formula is C79H151NO5. The predicted octanol–water partition coefficient (Wildman–Crippen LogP) is 25.4. The Bertz CT molecular complexity index is 1380. The third-order valence-electron chi connectivity index (χ3n) is 18.2. The fraction of sp³-hybridized carbons (Fsp3) is 0.899. The summed E-state index contributed by atoms with van der Waals surface area (Å²) < 4.78 is 5.50. The zero-order valence-corrected chi connectivity index (χ0v) is 57.6. The highest BCUT2D eigenvalue weighted by atomic mass is 16.5. The van der Waals surface area contributed by atoms with Crippen molar-refractivity contribution in [3.8, 4) is 0 Å². The van der Waals surface area contributed by atoms with E-state index >= 15 is 0 Å². The van der Waals surface area contributed by atoms with E-state index in [2.05, 4.69) is 55.6 Å². The summed E-state index contributed by atoms with van der Waals surface area (Å²) >= 11 is 0. The largest absolute Gasteiger partial charge is 0.466 e. The number of hydrogen-bond donors (Lipinski definition) is 3. The van der Waals surface area contributed by atoms with Crippen LogP contribution in [0.5, 0.6) is 0 Å². The van der Waals surface area contributed by atoms with Crippen LogP contribution in [0.1, 0.15) is 431 Å². The Labute approximate surface area is 532 Å². The lowest BCUT2D eigenvalue weighted by Crippen LogP contribution is -2.45. The topological polar surface area (TPSA) is 95.9 Å².